The molecule has 0 radical (unpaired) electrons. The number of ether oxygens (including phenoxy) is 2. The SMILES string of the molecule is CON(C)C(=O)COc1ccc(Oc2ccccc2)cc1. The Kier molecular flexibility index (Phi) is 5.17. The van der Waals surface area contributed by atoms with Gasteiger partial charge in [-0.15, -0.1) is 0 Å². The molecule has 110 valence electrons. The van der Waals surface area contributed by atoms with Crippen molar-refractivity contribution in [1.82, 2.24) is 5.06 Å². The number of carbonyl (C=O) groups excluding carboxylic acids is 1. The van der Waals surface area contributed by atoms with Crippen molar-refractivity contribution in [3.05, 3.63) is 54.6 Å². The Labute approximate surface area is 123 Å². The summed E-state index contributed by atoms with van der Waals surface area (Å²) in [5.74, 6) is 1.80. The molecule has 0 N–H and O–H groups in total. The molecule has 1 amide bonds. The van der Waals surface area contributed by atoms with Gasteiger partial charge in [0.15, 0.2) is 6.61 Å². The second-order valence-corrected chi connectivity index (χ2v) is 4.25. The normalized spacial score (nSPS) is 10.0. The van der Waals surface area contributed by atoms with E-state index in [9.17, 15) is 4.79 Å². The molecule has 0 heterocycles. The average molecular weight is 287 g/mol. The zero-order valence-corrected chi connectivity index (χ0v) is 12.0. The van der Waals surface area contributed by atoms with Gasteiger partial charge in [-0.1, -0.05) is 18.2 Å². The number of carbonyl (C=O) groups is 1. The van der Waals surface area contributed by atoms with Gasteiger partial charge in [0.05, 0.1) is 7.11 Å². The van der Waals surface area contributed by atoms with Crippen LogP contribution in [0.3, 0.4) is 0 Å². The predicted molar refractivity (Wildman–Crippen MR) is 78.2 cm³/mol. The van der Waals surface area contributed by atoms with Crippen LogP contribution in [0.5, 0.6) is 17.2 Å². The maximum absolute atomic E-state index is 11.5. The quantitative estimate of drug-likeness (QED) is 0.766. The van der Waals surface area contributed by atoms with Gasteiger partial charge >= 0.3 is 0 Å². The third-order valence-corrected chi connectivity index (χ3v) is 2.79. The smallest absolute Gasteiger partial charge is 0.283 e. The minimum absolute atomic E-state index is 0.0801. The second kappa shape index (κ2) is 7.31. The van der Waals surface area contributed by atoms with E-state index in [-0.39, 0.29) is 12.5 Å². The minimum atomic E-state index is -0.262. The van der Waals surface area contributed by atoms with E-state index < -0.39 is 0 Å². The van der Waals surface area contributed by atoms with Gasteiger partial charge in [0.25, 0.3) is 5.91 Å². The molecule has 0 fully saturated rings. The largest absolute Gasteiger partial charge is 0.484 e. The first-order valence-corrected chi connectivity index (χ1v) is 6.45. The van der Waals surface area contributed by atoms with Crippen molar-refractivity contribution in [2.45, 2.75) is 0 Å². The Hall–Kier alpha value is -2.53. The summed E-state index contributed by atoms with van der Waals surface area (Å²) in [6.07, 6.45) is 0. The molecule has 0 bridgehead atoms. The highest BCUT2D eigenvalue weighted by Gasteiger charge is 2.08. The Morgan fingerprint density at radius 2 is 1.52 bits per heavy atom. The van der Waals surface area contributed by atoms with Gasteiger partial charge in [-0.05, 0) is 36.4 Å². The molecule has 2 aromatic rings. The van der Waals surface area contributed by atoms with Crippen molar-refractivity contribution in [2.24, 2.45) is 0 Å². The summed E-state index contributed by atoms with van der Waals surface area (Å²) < 4.78 is 11.0. The molecule has 2 rings (SSSR count). The fraction of sp³-hybridized carbons (Fsp3) is 0.188. The molecule has 0 saturated carbocycles. The number of hydrogen-bond donors (Lipinski definition) is 0. The number of nitrogens with zero attached hydrogens (tertiary/aromatic N) is 1. The molecule has 0 atom stereocenters. The van der Waals surface area contributed by atoms with E-state index in [1.165, 1.54) is 14.2 Å². The summed E-state index contributed by atoms with van der Waals surface area (Å²) >= 11 is 0. The molecule has 21 heavy (non-hydrogen) atoms. The first-order chi connectivity index (χ1) is 10.2. The van der Waals surface area contributed by atoms with Crippen molar-refractivity contribution >= 4 is 5.91 Å². The Morgan fingerprint density at radius 3 is 2.14 bits per heavy atom. The van der Waals surface area contributed by atoms with Crippen LogP contribution in [0.1, 0.15) is 0 Å². The first kappa shape index (κ1) is 14.9. The van der Waals surface area contributed by atoms with E-state index in [1.807, 2.05) is 30.3 Å². The summed E-state index contributed by atoms with van der Waals surface area (Å²) in [5, 5.41) is 1.12. The first-order valence-electron chi connectivity index (χ1n) is 6.45. The Balaban J connectivity index is 1.89. The van der Waals surface area contributed by atoms with Gasteiger partial charge in [-0.25, -0.2) is 5.06 Å². The van der Waals surface area contributed by atoms with E-state index in [2.05, 4.69) is 0 Å². The van der Waals surface area contributed by atoms with Crippen LogP contribution in [0.2, 0.25) is 0 Å². The molecule has 0 aliphatic carbocycles. The van der Waals surface area contributed by atoms with Gasteiger partial charge in [0.1, 0.15) is 17.2 Å². The molecule has 0 aliphatic heterocycles. The lowest BCUT2D eigenvalue weighted by Crippen LogP contribution is -2.30. The van der Waals surface area contributed by atoms with Gasteiger partial charge < -0.3 is 9.47 Å². The fourth-order valence-corrected chi connectivity index (χ4v) is 1.57. The number of para-hydroxylation sites is 1. The molecule has 0 aliphatic rings. The van der Waals surface area contributed by atoms with Crippen molar-refractivity contribution in [3.8, 4) is 17.2 Å². The van der Waals surface area contributed by atoms with Crippen LogP contribution in [0.4, 0.5) is 0 Å². The van der Waals surface area contributed by atoms with Crippen molar-refractivity contribution in [1.29, 1.82) is 0 Å². The molecule has 0 aromatic heterocycles. The number of hydrogen-bond acceptors (Lipinski definition) is 4. The van der Waals surface area contributed by atoms with Crippen molar-refractivity contribution < 1.29 is 19.1 Å². The van der Waals surface area contributed by atoms with Crippen LogP contribution in [0.25, 0.3) is 0 Å². The summed E-state index contributed by atoms with van der Waals surface area (Å²) in [6.45, 7) is -0.0801. The maximum atomic E-state index is 11.5. The molecule has 2 aromatic carbocycles. The molecule has 5 heteroatoms. The molecular weight excluding hydrogens is 270 g/mol. The molecule has 0 unspecified atom stereocenters. The molecular formula is C16H17NO4. The van der Waals surface area contributed by atoms with E-state index in [4.69, 9.17) is 14.3 Å². The van der Waals surface area contributed by atoms with Crippen LogP contribution in [0.15, 0.2) is 54.6 Å². The topological polar surface area (TPSA) is 48.0 Å². The van der Waals surface area contributed by atoms with Crippen LogP contribution in [0, 0.1) is 0 Å². The van der Waals surface area contributed by atoms with E-state index in [0.29, 0.717) is 11.5 Å². The zero-order chi connectivity index (χ0) is 15.1. The van der Waals surface area contributed by atoms with Crippen LogP contribution < -0.4 is 9.47 Å². The highest BCUT2D eigenvalue weighted by molar-refractivity contribution is 5.76. The van der Waals surface area contributed by atoms with E-state index >= 15 is 0 Å². The van der Waals surface area contributed by atoms with Gasteiger partial charge in [-0.2, -0.15) is 0 Å². The van der Waals surface area contributed by atoms with Crippen molar-refractivity contribution in [3.63, 3.8) is 0 Å². The average Bonchev–Trinajstić information content (AvgIpc) is 2.54. The molecule has 0 saturated heterocycles. The number of benzene rings is 2. The van der Waals surface area contributed by atoms with Gasteiger partial charge in [-0.3, -0.25) is 9.63 Å². The predicted octanol–water partition coefficient (Wildman–Crippen LogP) is 2.88. The zero-order valence-electron chi connectivity index (χ0n) is 12.0. The van der Waals surface area contributed by atoms with Crippen LogP contribution in [-0.4, -0.2) is 31.7 Å². The van der Waals surface area contributed by atoms with Crippen molar-refractivity contribution in [2.75, 3.05) is 20.8 Å². The summed E-state index contributed by atoms with van der Waals surface area (Å²) in [5.41, 5.74) is 0. The number of rotatable bonds is 6. The molecule has 5 nitrogen and oxygen atoms in total. The monoisotopic (exact) mass is 287 g/mol. The minimum Gasteiger partial charge on any atom is -0.484 e. The van der Waals surface area contributed by atoms with E-state index in [0.717, 1.165) is 10.8 Å². The summed E-state index contributed by atoms with van der Waals surface area (Å²) in [7, 11) is 2.95. The lowest BCUT2D eigenvalue weighted by atomic mass is 10.3. The van der Waals surface area contributed by atoms with Crippen LogP contribution in [-0.2, 0) is 9.63 Å². The highest BCUT2D eigenvalue weighted by atomic mass is 16.7. The summed E-state index contributed by atoms with van der Waals surface area (Å²) in [4.78, 5) is 16.3. The third-order valence-electron chi connectivity index (χ3n) is 2.79. The standard InChI is InChI=1S/C16H17NO4/c1-17(19-2)16(18)12-20-13-8-10-15(11-9-13)21-14-6-4-3-5-7-14/h3-11H,12H2,1-2H3. The summed E-state index contributed by atoms with van der Waals surface area (Å²) in [6, 6.07) is 16.6. The number of hydroxylamine groups is 2. The van der Waals surface area contributed by atoms with Gasteiger partial charge in [0.2, 0.25) is 0 Å². The Morgan fingerprint density at radius 1 is 0.952 bits per heavy atom. The second-order valence-electron chi connectivity index (χ2n) is 4.25. The number of amides is 1. The van der Waals surface area contributed by atoms with E-state index in [1.54, 1.807) is 24.3 Å². The van der Waals surface area contributed by atoms with Gasteiger partial charge in [0, 0.05) is 7.05 Å². The highest BCUT2D eigenvalue weighted by Crippen LogP contribution is 2.23. The lowest BCUT2D eigenvalue weighted by molar-refractivity contribution is -0.170. The number of likely N-dealkylation sites (N-methyl/N-ethyl adjacent to an activating group) is 1. The molecule has 0 spiro atoms. The maximum Gasteiger partial charge on any atom is 0.283 e. The fourth-order valence-electron chi connectivity index (χ4n) is 1.57. The third kappa shape index (κ3) is 4.50. The van der Waals surface area contributed by atoms with Crippen LogP contribution >= 0.6 is 0 Å². The lowest BCUT2D eigenvalue weighted by Gasteiger charge is -2.14. The Bertz CT molecular complexity index is 569.